The third-order valence-electron chi connectivity index (χ3n) is 4.82. The van der Waals surface area contributed by atoms with Crippen molar-refractivity contribution in [3.8, 4) is 0 Å². The zero-order valence-electron chi connectivity index (χ0n) is 14.6. The Morgan fingerprint density at radius 2 is 1.62 bits per heavy atom. The maximum absolute atomic E-state index is 13.2. The number of hydrogen-bond donors (Lipinski definition) is 1. The third kappa shape index (κ3) is 3.68. The van der Waals surface area contributed by atoms with Crippen molar-refractivity contribution in [1.82, 2.24) is 5.32 Å². The summed E-state index contributed by atoms with van der Waals surface area (Å²) >= 11 is 0. The smallest absolute Gasteiger partial charge is 0.231 e. The van der Waals surface area contributed by atoms with Crippen LogP contribution in [-0.2, 0) is 11.2 Å². The predicted molar refractivity (Wildman–Crippen MR) is 99.4 cm³/mol. The summed E-state index contributed by atoms with van der Waals surface area (Å²) in [5.74, 6) is 0.200. The molecule has 2 aromatic carbocycles. The first kappa shape index (κ1) is 16.7. The van der Waals surface area contributed by atoms with E-state index in [1.54, 1.807) is 0 Å². The Hall–Kier alpha value is -2.13. The van der Waals surface area contributed by atoms with E-state index in [9.17, 15) is 4.79 Å². The van der Waals surface area contributed by atoms with Crippen molar-refractivity contribution in [2.24, 2.45) is 0 Å². The van der Waals surface area contributed by atoms with Crippen LogP contribution >= 0.6 is 0 Å². The first-order valence-corrected chi connectivity index (χ1v) is 8.79. The number of hydrogen-bond acceptors (Lipinski definition) is 2. The lowest BCUT2D eigenvalue weighted by Gasteiger charge is -2.36. The summed E-state index contributed by atoms with van der Waals surface area (Å²) in [6, 6.07) is 16.6. The van der Waals surface area contributed by atoms with Gasteiger partial charge in [-0.05, 0) is 56.5 Å². The molecule has 0 atom stereocenters. The highest BCUT2D eigenvalue weighted by Gasteiger charge is 2.28. The van der Waals surface area contributed by atoms with E-state index in [0.29, 0.717) is 6.42 Å². The first-order chi connectivity index (χ1) is 11.7. The van der Waals surface area contributed by atoms with Gasteiger partial charge in [-0.2, -0.15) is 0 Å². The molecule has 3 nitrogen and oxygen atoms in total. The monoisotopic (exact) mass is 322 g/mol. The number of para-hydroxylation sites is 1. The molecule has 1 saturated heterocycles. The van der Waals surface area contributed by atoms with Gasteiger partial charge in [0, 0.05) is 11.7 Å². The number of piperidine rings is 1. The summed E-state index contributed by atoms with van der Waals surface area (Å²) in [6.45, 7) is 6.16. The van der Waals surface area contributed by atoms with Crippen LogP contribution in [0.25, 0.3) is 0 Å². The van der Waals surface area contributed by atoms with Crippen molar-refractivity contribution in [2.75, 3.05) is 18.0 Å². The normalized spacial score (nSPS) is 15.2. The minimum atomic E-state index is 0.200. The number of amides is 1. The quantitative estimate of drug-likeness (QED) is 0.932. The fourth-order valence-electron chi connectivity index (χ4n) is 3.62. The molecule has 1 fully saturated rings. The van der Waals surface area contributed by atoms with Crippen LogP contribution in [0.5, 0.6) is 0 Å². The molecule has 0 aliphatic carbocycles. The molecule has 1 heterocycles. The van der Waals surface area contributed by atoms with Crippen molar-refractivity contribution >= 4 is 11.6 Å². The summed E-state index contributed by atoms with van der Waals surface area (Å²) in [5, 5.41) is 3.40. The van der Waals surface area contributed by atoms with Gasteiger partial charge in [-0.15, -0.1) is 0 Å². The highest BCUT2D eigenvalue weighted by molar-refractivity contribution is 5.96. The van der Waals surface area contributed by atoms with Crippen LogP contribution in [0, 0.1) is 13.8 Å². The summed E-state index contributed by atoms with van der Waals surface area (Å²) < 4.78 is 0. The van der Waals surface area contributed by atoms with E-state index in [2.05, 4.69) is 42.3 Å². The van der Waals surface area contributed by atoms with Gasteiger partial charge in [0.15, 0.2) is 0 Å². The average molecular weight is 322 g/mol. The Bertz CT molecular complexity index is 670. The Morgan fingerprint density at radius 1 is 1.00 bits per heavy atom. The second-order valence-electron chi connectivity index (χ2n) is 6.65. The number of anilines is 1. The van der Waals surface area contributed by atoms with E-state index in [0.717, 1.165) is 37.2 Å². The van der Waals surface area contributed by atoms with Gasteiger partial charge in [0.25, 0.3) is 0 Å². The minimum Gasteiger partial charge on any atom is -0.317 e. The van der Waals surface area contributed by atoms with Gasteiger partial charge in [0.05, 0.1) is 6.42 Å². The van der Waals surface area contributed by atoms with Gasteiger partial charge in [0.1, 0.15) is 0 Å². The van der Waals surface area contributed by atoms with Crippen LogP contribution in [0.4, 0.5) is 5.69 Å². The number of rotatable bonds is 4. The Labute approximate surface area is 144 Å². The van der Waals surface area contributed by atoms with E-state index in [1.165, 1.54) is 11.1 Å². The van der Waals surface area contributed by atoms with Crippen LogP contribution in [0.3, 0.4) is 0 Å². The van der Waals surface area contributed by atoms with Gasteiger partial charge in [0.2, 0.25) is 5.91 Å². The summed E-state index contributed by atoms with van der Waals surface area (Å²) in [5.41, 5.74) is 4.53. The van der Waals surface area contributed by atoms with Crippen LogP contribution in [0.1, 0.15) is 29.5 Å². The molecule has 0 saturated carbocycles. The van der Waals surface area contributed by atoms with Crippen molar-refractivity contribution in [1.29, 1.82) is 0 Å². The molecule has 0 spiro atoms. The van der Waals surface area contributed by atoms with Crippen LogP contribution in [0.15, 0.2) is 48.5 Å². The topological polar surface area (TPSA) is 32.3 Å². The number of carbonyl (C=O) groups excluding carboxylic acids is 1. The summed E-state index contributed by atoms with van der Waals surface area (Å²) in [4.78, 5) is 15.3. The molecule has 3 heteroatoms. The second kappa shape index (κ2) is 7.63. The SMILES string of the molecule is Cc1cccc(C)c1N(C(=O)Cc1ccccc1)C1CCNCC1. The van der Waals surface area contributed by atoms with Gasteiger partial charge in [-0.25, -0.2) is 0 Å². The lowest BCUT2D eigenvalue weighted by molar-refractivity contribution is -0.118. The second-order valence-corrected chi connectivity index (χ2v) is 6.65. The molecule has 0 aromatic heterocycles. The van der Waals surface area contributed by atoms with E-state index in [4.69, 9.17) is 0 Å². The molecule has 126 valence electrons. The van der Waals surface area contributed by atoms with Gasteiger partial charge in [-0.1, -0.05) is 48.5 Å². The largest absolute Gasteiger partial charge is 0.317 e. The fraction of sp³-hybridized carbons (Fsp3) is 0.381. The van der Waals surface area contributed by atoms with Gasteiger partial charge in [-0.3, -0.25) is 4.79 Å². The highest BCUT2D eigenvalue weighted by Crippen LogP contribution is 2.29. The predicted octanol–water partition coefficient (Wildman–Crippen LogP) is 3.63. The van der Waals surface area contributed by atoms with Crippen LogP contribution in [-0.4, -0.2) is 25.0 Å². The fourth-order valence-corrected chi connectivity index (χ4v) is 3.62. The molecular weight excluding hydrogens is 296 g/mol. The van der Waals surface area contributed by atoms with Crippen molar-refractivity contribution in [2.45, 2.75) is 39.2 Å². The third-order valence-corrected chi connectivity index (χ3v) is 4.82. The van der Waals surface area contributed by atoms with E-state index < -0.39 is 0 Å². The zero-order valence-corrected chi connectivity index (χ0v) is 14.6. The lowest BCUT2D eigenvalue weighted by Crippen LogP contribution is -2.47. The maximum atomic E-state index is 13.2. The molecule has 0 unspecified atom stereocenters. The molecule has 1 aliphatic heterocycles. The number of carbonyl (C=O) groups is 1. The molecule has 1 amide bonds. The molecular formula is C21H26N2O. The minimum absolute atomic E-state index is 0.200. The summed E-state index contributed by atoms with van der Waals surface area (Å²) in [6.07, 6.45) is 2.47. The number of benzene rings is 2. The average Bonchev–Trinajstić information content (AvgIpc) is 2.60. The highest BCUT2D eigenvalue weighted by atomic mass is 16.2. The lowest BCUT2D eigenvalue weighted by atomic mass is 9.99. The van der Waals surface area contributed by atoms with E-state index in [-0.39, 0.29) is 11.9 Å². The molecule has 3 rings (SSSR count). The van der Waals surface area contributed by atoms with E-state index in [1.807, 2.05) is 30.3 Å². The van der Waals surface area contributed by atoms with Gasteiger partial charge >= 0.3 is 0 Å². The van der Waals surface area contributed by atoms with Crippen molar-refractivity contribution in [3.05, 3.63) is 65.2 Å². The van der Waals surface area contributed by atoms with Crippen LogP contribution in [0.2, 0.25) is 0 Å². The Morgan fingerprint density at radius 3 is 2.25 bits per heavy atom. The molecule has 1 N–H and O–H groups in total. The maximum Gasteiger partial charge on any atom is 0.231 e. The first-order valence-electron chi connectivity index (χ1n) is 8.79. The molecule has 0 bridgehead atoms. The molecule has 24 heavy (non-hydrogen) atoms. The molecule has 2 aromatic rings. The van der Waals surface area contributed by atoms with Crippen molar-refractivity contribution in [3.63, 3.8) is 0 Å². The zero-order chi connectivity index (χ0) is 16.9. The van der Waals surface area contributed by atoms with Crippen LogP contribution < -0.4 is 10.2 Å². The van der Waals surface area contributed by atoms with Gasteiger partial charge < -0.3 is 10.2 Å². The Balaban J connectivity index is 1.94. The molecule has 0 radical (unpaired) electrons. The Kier molecular flexibility index (Phi) is 5.31. The number of nitrogens with one attached hydrogen (secondary N) is 1. The van der Waals surface area contributed by atoms with E-state index >= 15 is 0 Å². The standard InChI is InChI=1S/C21H26N2O/c1-16-7-6-8-17(2)21(16)23(19-11-13-22-14-12-19)20(24)15-18-9-4-3-5-10-18/h3-10,19,22H,11-15H2,1-2H3. The number of nitrogens with zero attached hydrogens (tertiary/aromatic N) is 1. The summed E-state index contributed by atoms with van der Waals surface area (Å²) in [7, 11) is 0. The number of aryl methyl sites for hydroxylation is 2. The van der Waals surface area contributed by atoms with Crippen molar-refractivity contribution < 1.29 is 4.79 Å². The molecule has 1 aliphatic rings.